The van der Waals surface area contributed by atoms with Crippen LogP contribution in [0.15, 0.2) is 65.3 Å². The van der Waals surface area contributed by atoms with Crippen molar-refractivity contribution in [1.29, 1.82) is 0 Å². The topological polar surface area (TPSA) is 52.6 Å². The predicted molar refractivity (Wildman–Crippen MR) is 127 cm³/mol. The van der Waals surface area contributed by atoms with E-state index < -0.39 is 0 Å². The van der Waals surface area contributed by atoms with Gasteiger partial charge in [-0.25, -0.2) is 4.98 Å². The number of pyridine rings is 1. The number of hydrogen-bond donors (Lipinski definition) is 1. The third kappa shape index (κ3) is 7.56. The summed E-state index contributed by atoms with van der Waals surface area (Å²) >= 11 is 3.66. The predicted octanol–water partition coefficient (Wildman–Crippen LogP) is 5.69. The van der Waals surface area contributed by atoms with Crippen molar-refractivity contribution >= 4 is 15.9 Å². The van der Waals surface area contributed by atoms with Crippen LogP contribution >= 0.6 is 15.9 Å². The molecule has 0 saturated heterocycles. The molecule has 0 aliphatic rings. The van der Waals surface area contributed by atoms with Crippen LogP contribution in [-0.4, -0.2) is 24.7 Å². The normalized spacial score (nSPS) is 10.7. The highest BCUT2D eigenvalue weighted by Crippen LogP contribution is 2.37. The minimum Gasteiger partial charge on any atom is -0.490 e. The maximum Gasteiger partial charge on any atom is 0.213 e. The highest BCUT2D eigenvalue weighted by molar-refractivity contribution is 9.10. The zero-order valence-electron chi connectivity index (χ0n) is 18.1. The first-order valence-corrected chi connectivity index (χ1v) is 11.3. The van der Waals surface area contributed by atoms with Crippen molar-refractivity contribution < 1.29 is 14.2 Å². The van der Waals surface area contributed by atoms with Crippen molar-refractivity contribution in [2.24, 2.45) is 0 Å². The van der Waals surface area contributed by atoms with Crippen LogP contribution in [0.2, 0.25) is 0 Å². The van der Waals surface area contributed by atoms with E-state index in [0.29, 0.717) is 25.7 Å². The van der Waals surface area contributed by atoms with Crippen LogP contribution < -0.4 is 19.5 Å². The smallest absolute Gasteiger partial charge is 0.213 e. The molecule has 2 aromatic carbocycles. The van der Waals surface area contributed by atoms with Crippen LogP contribution in [0.3, 0.4) is 0 Å². The van der Waals surface area contributed by atoms with Crippen molar-refractivity contribution in [2.75, 3.05) is 19.8 Å². The van der Waals surface area contributed by atoms with Gasteiger partial charge in [-0.1, -0.05) is 35.9 Å². The van der Waals surface area contributed by atoms with Gasteiger partial charge in [0.15, 0.2) is 11.5 Å². The quantitative estimate of drug-likeness (QED) is 0.334. The molecule has 0 atom stereocenters. The van der Waals surface area contributed by atoms with Gasteiger partial charge in [0.2, 0.25) is 5.88 Å². The second-order valence-electron chi connectivity index (χ2n) is 7.16. The van der Waals surface area contributed by atoms with Crippen LogP contribution in [-0.2, 0) is 13.2 Å². The molecule has 0 amide bonds. The van der Waals surface area contributed by atoms with Gasteiger partial charge in [0, 0.05) is 18.8 Å². The van der Waals surface area contributed by atoms with Gasteiger partial charge in [-0.3, -0.25) is 0 Å². The number of nitrogens with zero attached hydrogens (tertiary/aromatic N) is 1. The van der Waals surface area contributed by atoms with E-state index in [4.69, 9.17) is 14.2 Å². The van der Waals surface area contributed by atoms with Gasteiger partial charge in [-0.15, -0.1) is 0 Å². The molecule has 6 heteroatoms. The Morgan fingerprint density at radius 2 is 1.87 bits per heavy atom. The van der Waals surface area contributed by atoms with Gasteiger partial charge < -0.3 is 19.5 Å². The van der Waals surface area contributed by atoms with Gasteiger partial charge in [-0.05, 0) is 72.1 Å². The third-order valence-corrected chi connectivity index (χ3v) is 5.14. The van der Waals surface area contributed by atoms with E-state index in [1.807, 2.05) is 37.3 Å². The highest BCUT2D eigenvalue weighted by Gasteiger charge is 2.13. The number of hydrogen-bond acceptors (Lipinski definition) is 5. The molecule has 1 aromatic heterocycles. The third-order valence-electron chi connectivity index (χ3n) is 4.55. The maximum atomic E-state index is 6.10. The van der Waals surface area contributed by atoms with Gasteiger partial charge in [0.1, 0.15) is 6.61 Å². The summed E-state index contributed by atoms with van der Waals surface area (Å²) in [6, 6.07) is 18.1. The van der Waals surface area contributed by atoms with Crippen molar-refractivity contribution in [2.45, 2.75) is 33.4 Å². The Bertz CT molecular complexity index is 951. The number of benzene rings is 2. The second kappa shape index (κ2) is 12.3. The molecule has 0 aliphatic heterocycles. The first-order valence-electron chi connectivity index (χ1n) is 10.5. The molecule has 3 rings (SSSR count). The number of nitrogens with one attached hydrogen (secondary N) is 1. The van der Waals surface area contributed by atoms with E-state index in [0.717, 1.165) is 46.6 Å². The second-order valence-corrected chi connectivity index (χ2v) is 8.02. The molecule has 0 fully saturated rings. The summed E-state index contributed by atoms with van der Waals surface area (Å²) in [5.41, 5.74) is 3.48. The lowest BCUT2D eigenvalue weighted by Crippen LogP contribution is -2.17. The van der Waals surface area contributed by atoms with E-state index in [2.05, 4.69) is 57.4 Å². The molecule has 1 heterocycles. The molecule has 31 heavy (non-hydrogen) atoms. The summed E-state index contributed by atoms with van der Waals surface area (Å²) in [4.78, 5) is 4.15. The molecular weight excluding hydrogens is 456 g/mol. The van der Waals surface area contributed by atoms with Crippen LogP contribution in [0.4, 0.5) is 0 Å². The fourth-order valence-corrected chi connectivity index (χ4v) is 3.73. The molecule has 0 saturated carbocycles. The van der Waals surface area contributed by atoms with E-state index in [1.54, 1.807) is 6.20 Å². The minimum atomic E-state index is 0.494. The Balaban J connectivity index is 1.51. The number of aryl methyl sites for hydroxylation is 1. The van der Waals surface area contributed by atoms with Gasteiger partial charge >= 0.3 is 0 Å². The first-order chi connectivity index (χ1) is 15.2. The molecule has 0 radical (unpaired) electrons. The van der Waals surface area contributed by atoms with Crippen molar-refractivity contribution in [1.82, 2.24) is 10.3 Å². The first kappa shape index (κ1) is 23.1. The summed E-state index contributed by atoms with van der Waals surface area (Å²) in [5, 5.41) is 3.45. The molecular formula is C25H29BrN2O3. The van der Waals surface area contributed by atoms with Gasteiger partial charge in [0.05, 0.1) is 17.7 Å². The Hall–Kier alpha value is -2.57. The van der Waals surface area contributed by atoms with Crippen LogP contribution in [0.1, 0.15) is 30.0 Å². The largest absolute Gasteiger partial charge is 0.490 e. The molecule has 0 aliphatic carbocycles. The molecule has 5 nitrogen and oxygen atoms in total. The number of rotatable bonds is 12. The zero-order valence-corrected chi connectivity index (χ0v) is 19.7. The lowest BCUT2D eigenvalue weighted by atomic mass is 10.1. The summed E-state index contributed by atoms with van der Waals surface area (Å²) in [6.07, 6.45) is 2.63. The zero-order chi connectivity index (χ0) is 21.9. The average Bonchev–Trinajstić information content (AvgIpc) is 2.76. The molecule has 1 N–H and O–H groups in total. The lowest BCUT2D eigenvalue weighted by Gasteiger charge is -2.16. The van der Waals surface area contributed by atoms with Crippen LogP contribution in [0.25, 0.3) is 0 Å². The van der Waals surface area contributed by atoms with E-state index >= 15 is 0 Å². The number of halogens is 1. The Morgan fingerprint density at radius 3 is 2.65 bits per heavy atom. The lowest BCUT2D eigenvalue weighted by molar-refractivity contribution is 0.267. The Morgan fingerprint density at radius 1 is 0.968 bits per heavy atom. The summed E-state index contributed by atoms with van der Waals surface area (Å²) in [7, 11) is 0. The number of aromatic nitrogens is 1. The monoisotopic (exact) mass is 484 g/mol. The maximum absolute atomic E-state index is 6.10. The van der Waals surface area contributed by atoms with Crippen molar-refractivity contribution in [3.63, 3.8) is 0 Å². The minimum absolute atomic E-state index is 0.494. The van der Waals surface area contributed by atoms with Crippen LogP contribution in [0.5, 0.6) is 17.4 Å². The Kier molecular flexibility index (Phi) is 9.18. The summed E-state index contributed by atoms with van der Waals surface area (Å²) in [5.74, 6) is 2.14. The molecule has 0 bridgehead atoms. The number of ether oxygens (including phenoxy) is 3. The van der Waals surface area contributed by atoms with Gasteiger partial charge in [0.25, 0.3) is 0 Å². The molecule has 164 valence electrons. The fraction of sp³-hybridized carbons (Fsp3) is 0.320. The summed E-state index contributed by atoms with van der Waals surface area (Å²) < 4.78 is 18.5. The highest BCUT2D eigenvalue weighted by atomic mass is 79.9. The molecule has 3 aromatic rings. The SMILES string of the molecule is CCOc1cc(CNCCCOc2ccccn2)cc(Br)c1OCc1cccc(C)c1. The molecule has 0 unspecified atom stereocenters. The average molecular weight is 485 g/mol. The van der Waals surface area contributed by atoms with E-state index in [9.17, 15) is 0 Å². The summed E-state index contributed by atoms with van der Waals surface area (Å²) in [6.45, 7) is 7.34. The standard InChI is InChI=1S/C25H29BrN2O3/c1-3-29-23-16-21(17-27-11-7-13-30-24-10-4-5-12-28-24)15-22(26)25(23)31-18-20-9-6-8-19(2)14-20/h4-6,8-10,12,14-16,27H,3,7,11,13,17-18H2,1-2H3. The van der Waals surface area contributed by atoms with E-state index in [1.165, 1.54) is 5.56 Å². The van der Waals surface area contributed by atoms with Crippen molar-refractivity contribution in [3.05, 3.63) is 82.0 Å². The Labute approximate surface area is 192 Å². The van der Waals surface area contributed by atoms with Gasteiger partial charge in [-0.2, -0.15) is 0 Å². The molecule has 0 spiro atoms. The van der Waals surface area contributed by atoms with E-state index in [-0.39, 0.29) is 0 Å². The van der Waals surface area contributed by atoms with Crippen LogP contribution in [0, 0.1) is 6.92 Å². The fourth-order valence-electron chi connectivity index (χ4n) is 3.12. The van der Waals surface area contributed by atoms with Crippen molar-refractivity contribution in [3.8, 4) is 17.4 Å².